The van der Waals surface area contributed by atoms with Crippen molar-refractivity contribution in [3.05, 3.63) is 46.8 Å². The molecule has 2 rings (SSSR count). The van der Waals surface area contributed by atoms with E-state index in [0.717, 1.165) is 16.9 Å². The van der Waals surface area contributed by atoms with Gasteiger partial charge in [0.2, 0.25) is 0 Å². The van der Waals surface area contributed by atoms with Crippen LogP contribution in [0.4, 0.5) is 0 Å². The summed E-state index contributed by atoms with van der Waals surface area (Å²) in [6.07, 6.45) is 0. The zero-order valence-electron chi connectivity index (χ0n) is 9.99. The zero-order valence-corrected chi connectivity index (χ0v) is 10.7. The molecule has 0 aliphatic rings. The SMILES string of the molecule is Cc1ccccc1-n1nc(C)c(C(=O)Cl)c1C. The summed E-state index contributed by atoms with van der Waals surface area (Å²) in [6, 6.07) is 7.89. The van der Waals surface area contributed by atoms with Gasteiger partial charge >= 0.3 is 0 Å². The van der Waals surface area contributed by atoms with Crippen molar-refractivity contribution in [3.63, 3.8) is 0 Å². The number of hydrogen-bond acceptors (Lipinski definition) is 2. The summed E-state index contributed by atoms with van der Waals surface area (Å²) in [7, 11) is 0. The molecule has 1 aromatic carbocycles. The summed E-state index contributed by atoms with van der Waals surface area (Å²) in [5, 5.41) is 3.92. The highest BCUT2D eigenvalue weighted by Gasteiger charge is 2.18. The average Bonchev–Trinajstić information content (AvgIpc) is 2.55. The second-order valence-corrected chi connectivity index (χ2v) is 4.36. The normalized spacial score (nSPS) is 10.6. The van der Waals surface area contributed by atoms with Gasteiger partial charge in [-0.3, -0.25) is 4.79 Å². The molecule has 1 heterocycles. The Morgan fingerprint density at radius 1 is 1.24 bits per heavy atom. The van der Waals surface area contributed by atoms with Crippen LogP contribution in [0.2, 0.25) is 0 Å². The summed E-state index contributed by atoms with van der Waals surface area (Å²) >= 11 is 5.56. The Bertz CT molecular complexity index is 587. The quantitative estimate of drug-likeness (QED) is 0.765. The van der Waals surface area contributed by atoms with E-state index >= 15 is 0 Å². The predicted molar refractivity (Wildman–Crippen MR) is 68.0 cm³/mol. The van der Waals surface area contributed by atoms with Gasteiger partial charge in [-0.05, 0) is 44.0 Å². The van der Waals surface area contributed by atoms with Gasteiger partial charge in [0.25, 0.3) is 5.24 Å². The minimum Gasteiger partial charge on any atom is -0.275 e. The number of benzene rings is 1. The number of aromatic nitrogens is 2. The van der Waals surface area contributed by atoms with E-state index in [0.29, 0.717) is 11.3 Å². The minimum atomic E-state index is -0.458. The van der Waals surface area contributed by atoms with Crippen LogP contribution in [0.3, 0.4) is 0 Å². The van der Waals surface area contributed by atoms with E-state index in [1.165, 1.54) is 0 Å². The number of para-hydroxylation sites is 1. The molecule has 0 bridgehead atoms. The van der Waals surface area contributed by atoms with Crippen molar-refractivity contribution < 1.29 is 4.79 Å². The molecule has 0 saturated heterocycles. The lowest BCUT2D eigenvalue weighted by molar-refractivity contribution is 0.108. The summed E-state index contributed by atoms with van der Waals surface area (Å²) in [5.74, 6) is 0. The van der Waals surface area contributed by atoms with Crippen LogP contribution in [-0.2, 0) is 0 Å². The highest BCUT2D eigenvalue weighted by Crippen LogP contribution is 2.21. The number of nitrogens with zero attached hydrogens (tertiary/aromatic N) is 2. The second kappa shape index (κ2) is 4.34. The Balaban J connectivity index is 2.66. The zero-order chi connectivity index (χ0) is 12.6. The lowest BCUT2D eigenvalue weighted by Gasteiger charge is -2.07. The third kappa shape index (κ3) is 1.98. The average molecular weight is 249 g/mol. The third-order valence-electron chi connectivity index (χ3n) is 2.83. The van der Waals surface area contributed by atoms with Gasteiger partial charge in [0.1, 0.15) is 0 Å². The molecule has 17 heavy (non-hydrogen) atoms. The van der Waals surface area contributed by atoms with E-state index in [9.17, 15) is 4.79 Å². The van der Waals surface area contributed by atoms with Crippen molar-refractivity contribution in [2.24, 2.45) is 0 Å². The first kappa shape index (κ1) is 11.9. The minimum absolute atomic E-state index is 0.458. The lowest BCUT2D eigenvalue weighted by Crippen LogP contribution is -2.02. The topological polar surface area (TPSA) is 34.9 Å². The highest BCUT2D eigenvalue weighted by molar-refractivity contribution is 6.68. The molecular weight excluding hydrogens is 236 g/mol. The van der Waals surface area contributed by atoms with Crippen LogP contribution in [-0.4, -0.2) is 15.0 Å². The summed E-state index contributed by atoms with van der Waals surface area (Å²) in [5.41, 5.74) is 4.00. The van der Waals surface area contributed by atoms with Crippen molar-refractivity contribution in [2.75, 3.05) is 0 Å². The molecule has 2 aromatic rings. The Labute approximate surface area is 105 Å². The fourth-order valence-corrected chi connectivity index (χ4v) is 2.24. The monoisotopic (exact) mass is 248 g/mol. The Morgan fingerprint density at radius 2 is 1.88 bits per heavy atom. The van der Waals surface area contributed by atoms with Gasteiger partial charge in [0, 0.05) is 0 Å². The fraction of sp³-hybridized carbons (Fsp3) is 0.231. The van der Waals surface area contributed by atoms with Crippen LogP contribution in [0.15, 0.2) is 24.3 Å². The summed E-state index contributed by atoms with van der Waals surface area (Å²) in [6.45, 7) is 5.65. The van der Waals surface area contributed by atoms with Crippen LogP contribution in [0.5, 0.6) is 0 Å². The number of carbonyl (C=O) groups is 1. The Hall–Kier alpha value is -1.61. The molecule has 88 valence electrons. The second-order valence-electron chi connectivity index (χ2n) is 4.02. The number of rotatable bonds is 2. The van der Waals surface area contributed by atoms with Gasteiger partial charge in [-0.1, -0.05) is 18.2 Å². The highest BCUT2D eigenvalue weighted by atomic mass is 35.5. The van der Waals surface area contributed by atoms with Crippen molar-refractivity contribution in [1.29, 1.82) is 0 Å². The van der Waals surface area contributed by atoms with E-state index in [1.54, 1.807) is 11.6 Å². The molecule has 0 spiro atoms. The van der Waals surface area contributed by atoms with Crippen molar-refractivity contribution >= 4 is 16.8 Å². The van der Waals surface area contributed by atoms with E-state index in [2.05, 4.69) is 5.10 Å². The van der Waals surface area contributed by atoms with E-state index < -0.39 is 5.24 Å². The van der Waals surface area contributed by atoms with Crippen molar-refractivity contribution in [1.82, 2.24) is 9.78 Å². The molecule has 0 radical (unpaired) electrons. The van der Waals surface area contributed by atoms with Gasteiger partial charge in [0.05, 0.1) is 22.6 Å². The van der Waals surface area contributed by atoms with Crippen LogP contribution >= 0.6 is 11.6 Å². The summed E-state index contributed by atoms with van der Waals surface area (Å²) < 4.78 is 1.76. The fourth-order valence-electron chi connectivity index (χ4n) is 1.96. The molecule has 0 N–H and O–H groups in total. The molecule has 0 unspecified atom stereocenters. The largest absolute Gasteiger partial charge is 0.275 e. The molecule has 4 heteroatoms. The lowest BCUT2D eigenvalue weighted by atomic mass is 10.2. The predicted octanol–water partition coefficient (Wildman–Crippen LogP) is 3.18. The number of halogens is 1. The van der Waals surface area contributed by atoms with Gasteiger partial charge in [-0.15, -0.1) is 0 Å². The maximum atomic E-state index is 11.3. The molecule has 0 aliphatic heterocycles. The first-order valence-corrected chi connectivity index (χ1v) is 5.72. The van der Waals surface area contributed by atoms with Crippen molar-refractivity contribution in [3.8, 4) is 5.69 Å². The van der Waals surface area contributed by atoms with Gasteiger partial charge in [-0.25, -0.2) is 4.68 Å². The van der Waals surface area contributed by atoms with E-state index in [-0.39, 0.29) is 0 Å². The molecule has 3 nitrogen and oxygen atoms in total. The molecule has 1 aromatic heterocycles. The summed E-state index contributed by atoms with van der Waals surface area (Å²) in [4.78, 5) is 11.3. The molecule has 0 aliphatic carbocycles. The van der Waals surface area contributed by atoms with Gasteiger partial charge in [0.15, 0.2) is 0 Å². The van der Waals surface area contributed by atoms with Gasteiger partial charge in [-0.2, -0.15) is 5.10 Å². The number of hydrogen-bond donors (Lipinski definition) is 0. The van der Waals surface area contributed by atoms with Gasteiger partial charge < -0.3 is 0 Å². The first-order valence-electron chi connectivity index (χ1n) is 5.34. The van der Waals surface area contributed by atoms with Crippen LogP contribution in [0.1, 0.15) is 27.3 Å². The Morgan fingerprint density at radius 3 is 2.41 bits per heavy atom. The standard InChI is InChI=1S/C13H13ClN2O/c1-8-6-4-5-7-11(8)16-10(3)12(13(14)17)9(2)15-16/h4-7H,1-3H3. The molecular formula is C13H13ClN2O. The molecule has 0 amide bonds. The number of aryl methyl sites for hydroxylation is 2. The first-order chi connectivity index (χ1) is 8.02. The van der Waals surface area contributed by atoms with E-state index in [1.807, 2.05) is 38.1 Å². The van der Waals surface area contributed by atoms with Crippen LogP contribution < -0.4 is 0 Å². The van der Waals surface area contributed by atoms with Crippen LogP contribution in [0.25, 0.3) is 5.69 Å². The van der Waals surface area contributed by atoms with E-state index in [4.69, 9.17) is 11.6 Å². The van der Waals surface area contributed by atoms with Crippen molar-refractivity contribution in [2.45, 2.75) is 20.8 Å². The molecule has 0 fully saturated rings. The maximum absolute atomic E-state index is 11.3. The smallest absolute Gasteiger partial charge is 0.256 e. The maximum Gasteiger partial charge on any atom is 0.256 e. The van der Waals surface area contributed by atoms with Crippen LogP contribution in [0, 0.1) is 20.8 Å². The number of carbonyl (C=O) groups excluding carboxylic acids is 1. The molecule has 0 atom stereocenters. The third-order valence-corrected chi connectivity index (χ3v) is 3.02. The Kier molecular flexibility index (Phi) is 3.03. The molecule has 0 saturated carbocycles.